The molecule has 0 saturated carbocycles. The minimum absolute atomic E-state index is 0.182. The number of carbonyl (C=O) groups is 1. The van der Waals surface area contributed by atoms with Gasteiger partial charge in [0, 0.05) is 26.2 Å². The summed E-state index contributed by atoms with van der Waals surface area (Å²) in [5.41, 5.74) is -0.630. The number of rotatable bonds is 11. The van der Waals surface area contributed by atoms with Crippen LogP contribution >= 0.6 is 0 Å². The topological polar surface area (TPSA) is 50.8 Å². The van der Waals surface area contributed by atoms with Crippen LogP contribution in [-0.4, -0.2) is 62.9 Å². The molecule has 0 rings (SSSR count). The van der Waals surface area contributed by atoms with Crippen molar-refractivity contribution in [2.24, 2.45) is 0 Å². The van der Waals surface area contributed by atoms with E-state index in [-0.39, 0.29) is 5.97 Å². The Morgan fingerprint density at radius 2 is 2.00 bits per heavy atom. The monoisotopic (exact) mass is 288 g/mol. The fraction of sp³-hybridized carbons (Fsp3) is 0.933. The normalized spacial score (nSPS) is 15.9. The highest BCUT2D eigenvalue weighted by molar-refractivity contribution is 5.80. The van der Waals surface area contributed by atoms with Crippen molar-refractivity contribution in [1.29, 1.82) is 0 Å². The molecular formula is C15H32N2O3. The highest BCUT2D eigenvalue weighted by Crippen LogP contribution is 2.14. The zero-order valence-corrected chi connectivity index (χ0v) is 14.0. The molecule has 0 aromatic rings. The molecule has 0 heterocycles. The summed E-state index contributed by atoms with van der Waals surface area (Å²) in [6.45, 7) is 11.0. The van der Waals surface area contributed by atoms with E-state index in [9.17, 15) is 4.79 Å². The summed E-state index contributed by atoms with van der Waals surface area (Å²) in [7, 11) is 3.52. The lowest BCUT2D eigenvalue weighted by Gasteiger charge is -2.33. The van der Waals surface area contributed by atoms with Gasteiger partial charge in [-0.3, -0.25) is 9.69 Å². The van der Waals surface area contributed by atoms with E-state index in [4.69, 9.17) is 9.47 Å². The van der Waals surface area contributed by atoms with E-state index in [2.05, 4.69) is 24.1 Å². The quantitative estimate of drug-likeness (QED) is 0.586. The Labute approximate surface area is 124 Å². The Bertz CT molecular complexity index is 274. The predicted molar refractivity (Wildman–Crippen MR) is 81.9 cm³/mol. The summed E-state index contributed by atoms with van der Waals surface area (Å²) in [5, 5.41) is 3.10. The van der Waals surface area contributed by atoms with Gasteiger partial charge in [0.2, 0.25) is 0 Å². The molecule has 0 saturated heterocycles. The van der Waals surface area contributed by atoms with Gasteiger partial charge in [-0.2, -0.15) is 0 Å². The van der Waals surface area contributed by atoms with Crippen LogP contribution in [0.5, 0.6) is 0 Å². The first kappa shape index (κ1) is 19.4. The first-order valence-electron chi connectivity index (χ1n) is 7.54. The molecule has 0 aliphatic heterocycles. The van der Waals surface area contributed by atoms with E-state index in [1.807, 2.05) is 13.8 Å². The van der Waals surface area contributed by atoms with E-state index >= 15 is 0 Å². The lowest BCUT2D eigenvalue weighted by atomic mass is 9.97. The molecule has 0 amide bonds. The van der Waals surface area contributed by atoms with Crippen molar-refractivity contribution in [2.75, 3.05) is 40.5 Å². The second kappa shape index (κ2) is 10.1. The van der Waals surface area contributed by atoms with Gasteiger partial charge in [0.1, 0.15) is 5.54 Å². The van der Waals surface area contributed by atoms with Crippen LogP contribution in [-0.2, 0) is 14.3 Å². The number of ether oxygens (including phenoxy) is 2. The van der Waals surface area contributed by atoms with Crippen LogP contribution in [0.15, 0.2) is 0 Å². The summed E-state index contributed by atoms with van der Waals surface area (Å²) < 4.78 is 10.3. The van der Waals surface area contributed by atoms with Crippen LogP contribution in [0, 0.1) is 0 Å². The van der Waals surface area contributed by atoms with Gasteiger partial charge in [0.05, 0.1) is 13.2 Å². The van der Waals surface area contributed by atoms with Gasteiger partial charge in [-0.1, -0.05) is 6.92 Å². The van der Waals surface area contributed by atoms with Crippen molar-refractivity contribution in [3.63, 3.8) is 0 Å². The Kier molecular flexibility index (Phi) is 9.80. The third-order valence-electron chi connectivity index (χ3n) is 3.97. The smallest absolute Gasteiger partial charge is 0.326 e. The number of carbonyl (C=O) groups excluding carboxylic acids is 1. The molecule has 120 valence electrons. The van der Waals surface area contributed by atoms with Gasteiger partial charge in [-0.15, -0.1) is 0 Å². The van der Waals surface area contributed by atoms with Gasteiger partial charge < -0.3 is 14.8 Å². The summed E-state index contributed by atoms with van der Waals surface area (Å²) in [5.74, 6) is -0.182. The first-order valence-corrected chi connectivity index (χ1v) is 7.54. The zero-order valence-electron chi connectivity index (χ0n) is 14.0. The van der Waals surface area contributed by atoms with E-state index in [0.717, 1.165) is 25.9 Å². The second-order valence-corrected chi connectivity index (χ2v) is 5.34. The van der Waals surface area contributed by atoms with Crippen molar-refractivity contribution in [2.45, 2.75) is 52.1 Å². The third kappa shape index (κ3) is 6.20. The van der Waals surface area contributed by atoms with Crippen LogP contribution in [0.4, 0.5) is 0 Å². The molecule has 0 aliphatic rings. The van der Waals surface area contributed by atoms with E-state index < -0.39 is 5.54 Å². The van der Waals surface area contributed by atoms with Crippen molar-refractivity contribution in [3.8, 4) is 0 Å². The molecule has 0 aromatic heterocycles. The molecule has 5 nitrogen and oxygen atoms in total. The fourth-order valence-corrected chi connectivity index (χ4v) is 2.01. The summed E-state index contributed by atoms with van der Waals surface area (Å²) in [6.07, 6.45) is 1.80. The van der Waals surface area contributed by atoms with Crippen molar-refractivity contribution < 1.29 is 14.3 Å². The molecule has 0 bridgehead atoms. The number of nitrogens with zero attached hydrogens (tertiary/aromatic N) is 1. The molecule has 0 aliphatic carbocycles. The van der Waals surface area contributed by atoms with Crippen LogP contribution in [0.3, 0.4) is 0 Å². The van der Waals surface area contributed by atoms with Crippen molar-refractivity contribution >= 4 is 5.97 Å². The third-order valence-corrected chi connectivity index (χ3v) is 3.97. The van der Waals surface area contributed by atoms with Gasteiger partial charge in [0.25, 0.3) is 0 Å². The zero-order chi connectivity index (χ0) is 15.6. The van der Waals surface area contributed by atoms with Crippen LogP contribution in [0.25, 0.3) is 0 Å². The largest absolute Gasteiger partial charge is 0.465 e. The highest BCUT2D eigenvalue weighted by atomic mass is 16.5. The Hall–Kier alpha value is -0.650. The lowest BCUT2D eigenvalue weighted by molar-refractivity contribution is -0.150. The van der Waals surface area contributed by atoms with Crippen LogP contribution in [0.2, 0.25) is 0 Å². The van der Waals surface area contributed by atoms with Crippen LogP contribution in [0.1, 0.15) is 40.5 Å². The number of esters is 1. The molecule has 20 heavy (non-hydrogen) atoms. The molecule has 1 N–H and O–H groups in total. The molecular weight excluding hydrogens is 256 g/mol. The standard InChI is InChI=1S/C15H32N2O3/c1-7-13(3)17(11-12-19-6)10-9-15(4,16-5)14(18)20-8-2/h13,16H,7-12H2,1-6H3. The Balaban J connectivity index is 4.58. The van der Waals surface area contributed by atoms with Gasteiger partial charge in [-0.05, 0) is 40.7 Å². The SMILES string of the molecule is CCOC(=O)C(C)(CCN(CCOC)C(C)CC)NC. The molecule has 0 radical (unpaired) electrons. The van der Waals surface area contributed by atoms with Crippen molar-refractivity contribution in [3.05, 3.63) is 0 Å². The van der Waals surface area contributed by atoms with Gasteiger partial charge in [0.15, 0.2) is 0 Å². The maximum atomic E-state index is 12.0. The predicted octanol–water partition coefficient (Wildman–Crippen LogP) is 1.66. The molecule has 0 aromatic carbocycles. The maximum Gasteiger partial charge on any atom is 0.326 e. The highest BCUT2D eigenvalue weighted by Gasteiger charge is 2.33. The van der Waals surface area contributed by atoms with Crippen LogP contribution < -0.4 is 5.32 Å². The number of methoxy groups -OCH3 is 1. The average Bonchev–Trinajstić information content (AvgIpc) is 2.46. The lowest BCUT2D eigenvalue weighted by Crippen LogP contribution is -2.51. The number of hydrogen-bond acceptors (Lipinski definition) is 5. The molecule has 0 fully saturated rings. The van der Waals surface area contributed by atoms with Gasteiger partial charge in [-0.25, -0.2) is 0 Å². The molecule has 0 spiro atoms. The average molecular weight is 288 g/mol. The first-order chi connectivity index (χ1) is 9.45. The van der Waals surface area contributed by atoms with Gasteiger partial charge >= 0.3 is 5.97 Å². The molecule has 2 atom stereocenters. The minimum atomic E-state index is -0.630. The summed E-state index contributed by atoms with van der Waals surface area (Å²) in [6, 6.07) is 0.480. The van der Waals surface area contributed by atoms with Crippen molar-refractivity contribution in [1.82, 2.24) is 10.2 Å². The summed E-state index contributed by atoms with van der Waals surface area (Å²) in [4.78, 5) is 14.4. The molecule has 2 unspecified atom stereocenters. The van der Waals surface area contributed by atoms with E-state index in [1.54, 1.807) is 14.2 Å². The Morgan fingerprint density at radius 3 is 2.45 bits per heavy atom. The fourth-order valence-electron chi connectivity index (χ4n) is 2.01. The maximum absolute atomic E-state index is 12.0. The molecule has 5 heteroatoms. The Morgan fingerprint density at radius 1 is 1.35 bits per heavy atom. The number of likely N-dealkylation sites (N-methyl/N-ethyl adjacent to an activating group) is 1. The number of nitrogens with one attached hydrogen (secondary N) is 1. The second-order valence-electron chi connectivity index (χ2n) is 5.34. The summed E-state index contributed by atoms with van der Waals surface area (Å²) >= 11 is 0. The minimum Gasteiger partial charge on any atom is -0.465 e. The number of hydrogen-bond donors (Lipinski definition) is 1. The van der Waals surface area contributed by atoms with E-state index in [0.29, 0.717) is 19.3 Å². The van der Waals surface area contributed by atoms with E-state index in [1.165, 1.54) is 0 Å².